The van der Waals surface area contributed by atoms with Crippen molar-refractivity contribution in [3.63, 3.8) is 0 Å². The van der Waals surface area contributed by atoms with Crippen molar-refractivity contribution in [1.82, 2.24) is 14.8 Å². The summed E-state index contributed by atoms with van der Waals surface area (Å²) >= 11 is 0. The van der Waals surface area contributed by atoms with Crippen molar-refractivity contribution in [2.24, 2.45) is 0 Å². The summed E-state index contributed by atoms with van der Waals surface area (Å²) in [6, 6.07) is 0. The molecule has 7 nitrogen and oxygen atoms in total. The first-order valence-electron chi connectivity index (χ1n) is 8.57. The molecule has 2 amide bonds. The minimum Gasteiger partial charge on any atom is -0.459 e. The molecular formula is C18H29N3O4. The largest absolute Gasteiger partial charge is 0.459 e. The van der Waals surface area contributed by atoms with Crippen molar-refractivity contribution < 1.29 is 19.1 Å². The molecule has 1 aromatic heterocycles. The predicted molar refractivity (Wildman–Crippen MR) is 95.7 cm³/mol. The van der Waals surface area contributed by atoms with Gasteiger partial charge in [-0.05, 0) is 47.1 Å². The summed E-state index contributed by atoms with van der Waals surface area (Å²) in [5.41, 5.74) is 1.80. The Morgan fingerprint density at radius 2 is 1.68 bits per heavy atom. The van der Waals surface area contributed by atoms with Crippen LogP contribution in [0.5, 0.6) is 0 Å². The van der Waals surface area contributed by atoms with Crippen LogP contribution >= 0.6 is 0 Å². The SMILES string of the molecule is CCN(CC)C(=O)CN(C)C(=O)c1[nH]c(C)c(C(=O)OC(C)C)c1C. The lowest BCUT2D eigenvalue weighted by Gasteiger charge is -2.23. The van der Waals surface area contributed by atoms with E-state index in [9.17, 15) is 14.4 Å². The number of aromatic nitrogens is 1. The van der Waals surface area contributed by atoms with Crippen LogP contribution in [0.15, 0.2) is 0 Å². The van der Waals surface area contributed by atoms with Gasteiger partial charge in [-0.3, -0.25) is 9.59 Å². The van der Waals surface area contributed by atoms with E-state index in [2.05, 4.69) is 4.98 Å². The number of esters is 1. The van der Waals surface area contributed by atoms with Crippen molar-refractivity contribution in [3.8, 4) is 0 Å². The molecule has 0 spiro atoms. The number of carbonyl (C=O) groups excluding carboxylic acids is 3. The second-order valence-electron chi connectivity index (χ2n) is 6.31. The van der Waals surface area contributed by atoms with Crippen LogP contribution in [-0.2, 0) is 9.53 Å². The lowest BCUT2D eigenvalue weighted by Crippen LogP contribution is -2.41. The third-order valence-electron chi connectivity index (χ3n) is 4.03. The van der Waals surface area contributed by atoms with Crippen LogP contribution in [0.2, 0.25) is 0 Å². The second kappa shape index (κ2) is 8.69. The summed E-state index contributed by atoms with van der Waals surface area (Å²) in [5.74, 6) is -0.895. The smallest absolute Gasteiger partial charge is 0.340 e. The van der Waals surface area contributed by atoms with Gasteiger partial charge in [0.25, 0.3) is 5.91 Å². The molecule has 0 unspecified atom stereocenters. The van der Waals surface area contributed by atoms with Crippen molar-refractivity contribution >= 4 is 17.8 Å². The van der Waals surface area contributed by atoms with Crippen LogP contribution in [-0.4, -0.2) is 65.4 Å². The maximum atomic E-state index is 12.7. The van der Waals surface area contributed by atoms with Gasteiger partial charge >= 0.3 is 5.97 Å². The average molecular weight is 351 g/mol. The molecule has 0 atom stereocenters. The van der Waals surface area contributed by atoms with Crippen LogP contribution in [0.1, 0.15) is 59.8 Å². The maximum Gasteiger partial charge on any atom is 0.340 e. The van der Waals surface area contributed by atoms with Gasteiger partial charge in [-0.2, -0.15) is 0 Å². The van der Waals surface area contributed by atoms with Crippen molar-refractivity contribution in [2.75, 3.05) is 26.7 Å². The molecule has 0 aliphatic heterocycles. The van der Waals surface area contributed by atoms with E-state index in [0.29, 0.717) is 35.6 Å². The Hall–Kier alpha value is -2.31. The average Bonchev–Trinajstić information content (AvgIpc) is 2.81. The highest BCUT2D eigenvalue weighted by molar-refractivity contribution is 6.01. The summed E-state index contributed by atoms with van der Waals surface area (Å²) < 4.78 is 5.23. The van der Waals surface area contributed by atoms with Crippen LogP contribution in [0, 0.1) is 13.8 Å². The Kier molecular flexibility index (Phi) is 7.21. The topological polar surface area (TPSA) is 82.7 Å². The van der Waals surface area contributed by atoms with Crippen LogP contribution in [0.25, 0.3) is 0 Å². The number of likely N-dealkylation sites (N-methyl/N-ethyl adjacent to an activating group) is 2. The summed E-state index contributed by atoms with van der Waals surface area (Å²) in [6.45, 7) is 12.0. The standard InChI is InChI=1S/C18H29N3O4/c1-8-21(9-2)14(22)10-20(7)17(23)16-12(5)15(13(6)19-16)18(24)25-11(3)4/h11,19H,8-10H2,1-7H3. The zero-order valence-corrected chi connectivity index (χ0v) is 16.2. The number of nitrogens with one attached hydrogen (secondary N) is 1. The third kappa shape index (κ3) is 4.84. The number of nitrogens with zero attached hydrogens (tertiary/aromatic N) is 2. The third-order valence-corrected chi connectivity index (χ3v) is 4.03. The zero-order valence-electron chi connectivity index (χ0n) is 16.2. The van der Waals surface area contributed by atoms with Gasteiger partial charge in [0.1, 0.15) is 5.69 Å². The molecule has 1 heterocycles. The number of aromatic amines is 1. The monoisotopic (exact) mass is 351 g/mol. The molecule has 0 fully saturated rings. The first kappa shape index (κ1) is 20.7. The van der Waals surface area contributed by atoms with Crippen molar-refractivity contribution in [2.45, 2.75) is 47.6 Å². The van der Waals surface area contributed by atoms with Gasteiger partial charge in [0, 0.05) is 25.8 Å². The van der Waals surface area contributed by atoms with Gasteiger partial charge in [-0.25, -0.2) is 4.79 Å². The molecule has 25 heavy (non-hydrogen) atoms. The van der Waals surface area contributed by atoms with Crippen LogP contribution in [0.3, 0.4) is 0 Å². The highest BCUT2D eigenvalue weighted by atomic mass is 16.5. The molecule has 0 aromatic carbocycles. The lowest BCUT2D eigenvalue weighted by atomic mass is 10.1. The summed E-state index contributed by atoms with van der Waals surface area (Å²) in [5, 5.41) is 0. The van der Waals surface area contributed by atoms with Gasteiger partial charge < -0.3 is 19.5 Å². The first-order chi connectivity index (χ1) is 11.6. The molecule has 0 saturated carbocycles. The predicted octanol–water partition coefficient (Wildman–Crippen LogP) is 2.14. The molecular weight excluding hydrogens is 322 g/mol. The Balaban J connectivity index is 2.99. The fourth-order valence-electron chi connectivity index (χ4n) is 2.68. The van der Waals surface area contributed by atoms with E-state index in [1.165, 1.54) is 4.90 Å². The fraction of sp³-hybridized carbons (Fsp3) is 0.611. The van der Waals surface area contributed by atoms with Gasteiger partial charge in [-0.15, -0.1) is 0 Å². The maximum absolute atomic E-state index is 12.7. The fourth-order valence-corrected chi connectivity index (χ4v) is 2.68. The number of ether oxygens (including phenoxy) is 1. The van der Waals surface area contributed by atoms with Crippen LogP contribution in [0.4, 0.5) is 0 Å². The molecule has 1 aromatic rings. The van der Waals surface area contributed by atoms with E-state index >= 15 is 0 Å². The molecule has 1 rings (SSSR count). The number of H-pyrrole nitrogens is 1. The number of amides is 2. The van der Waals surface area contributed by atoms with E-state index < -0.39 is 5.97 Å². The summed E-state index contributed by atoms with van der Waals surface area (Å²) in [6.07, 6.45) is -0.241. The number of aryl methyl sites for hydroxylation is 1. The van der Waals surface area contributed by atoms with Crippen LogP contribution < -0.4 is 0 Å². The van der Waals surface area contributed by atoms with Gasteiger partial charge in [-0.1, -0.05) is 0 Å². The highest BCUT2D eigenvalue weighted by Gasteiger charge is 2.26. The Morgan fingerprint density at radius 3 is 2.16 bits per heavy atom. The molecule has 0 aliphatic rings. The normalized spacial score (nSPS) is 10.7. The second-order valence-corrected chi connectivity index (χ2v) is 6.31. The van der Waals surface area contributed by atoms with Gasteiger partial charge in [0.2, 0.25) is 5.91 Å². The zero-order chi connectivity index (χ0) is 19.3. The van der Waals surface area contributed by atoms with E-state index in [4.69, 9.17) is 4.74 Å². The molecule has 0 radical (unpaired) electrons. The molecule has 140 valence electrons. The summed E-state index contributed by atoms with van der Waals surface area (Å²) in [4.78, 5) is 43.1. The van der Waals surface area contributed by atoms with E-state index in [-0.39, 0.29) is 24.5 Å². The molecule has 0 bridgehead atoms. The van der Waals surface area contributed by atoms with Crippen molar-refractivity contribution in [1.29, 1.82) is 0 Å². The van der Waals surface area contributed by atoms with Gasteiger partial charge in [0.15, 0.2) is 0 Å². The molecule has 1 N–H and O–H groups in total. The molecule has 7 heteroatoms. The lowest BCUT2D eigenvalue weighted by molar-refractivity contribution is -0.131. The Labute approximate surface area is 149 Å². The highest BCUT2D eigenvalue weighted by Crippen LogP contribution is 2.20. The molecule has 0 aliphatic carbocycles. The Morgan fingerprint density at radius 1 is 1.12 bits per heavy atom. The van der Waals surface area contributed by atoms with Crippen molar-refractivity contribution in [3.05, 3.63) is 22.5 Å². The first-order valence-corrected chi connectivity index (χ1v) is 8.57. The number of carbonyl (C=O) groups is 3. The number of hydrogen-bond donors (Lipinski definition) is 1. The minimum atomic E-state index is -0.456. The molecule has 0 saturated heterocycles. The number of hydrogen-bond acceptors (Lipinski definition) is 4. The van der Waals surface area contributed by atoms with E-state index in [0.717, 1.165) is 0 Å². The quantitative estimate of drug-likeness (QED) is 0.763. The number of rotatable bonds is 7. The van der Waals surface area contributed by atoms with E-state index in [1.807, 2.05) is 13.8 Å². The van der Waals surface area contributed by atoms with Gasteiger partial charge in [0.05, 0.1) is 18.2 Å². The summed E-state index contributed by atoms with van der Waals surface area (Å²) in [7, 11) is 1.57. The minimum absolute atomic E-state index is 0.0101. The van der Waals surface area contributed by atoms with E-state index in [1.54, 1.807) is 39.6 Å². The Bertz CT molecular complexity index is 645.